The number of nitrogens with two attached hydrogens (primary N) is 1. The zero-order valence-electron chi connectivity index (χ0n) is 11.6. The van der Waals surface area contributed by atoms with Gasteiger partial charge in [-0.15, -0.1) is 11.3 Å². The van der Waals surface area contributed by atoms with E-state index in [9.17, 15) is 4.39 Å². The molecule has 0 unspecified atom stereocenters. The van der Waals surface area contributed by atoms with Gasteiger partial charge in [0, 0.05) is 23.1 Å². The molecule has 0 fully saturated rings. The molecule has 106 valence electrons. The minimum absolute atomic E-state index is 0.228. The molecule has 0 saturated carbocycles. The Morgan fingerprint density at radius 1 is 1.10 bits per heavy atom. The number of thiazole rings is 1. The normalized spacial score (nSPS) is 10.8. The summed E-state index contributed by atoms with van der Waals surface area (Å²) in [5.74, 6) is -0.228. The fraction of sp³-hybridized carbons (Fsp3) is 0.118. The molecule has 0 aliphatic rings. The summed E-state index contributed by atoms with van der Waals surface area (Å²) in [6, 6.07) is 13.0. The van der Waals surface area contributed by atoms with E-state index < -0.39 is 0 Å². The van der Waals surface area contributed by atoms with Gasteiger partial charge in [-0.25, -0.2) is 9.37 Å². The Hall–Kier alpha value is -2.04. The Morgan fingerprint density at radius 2 is 1.86 bits per heavy atom. The fourth-order valence-corrected chi connectivity index (χ4v) is 3.03. The summed E-state index contributed by atoms with van der Waals surface area (Å²) < 4.78 is 13.5. The zero-order valence-corrected chi connectivity index (χ0v) is 12.5. The quantitative estimate of drug-likeness (QED) is 0.779. The lowest BCUT2D eigenvalue weighted by atomic mass is 10.1. The van der Waals surface area contributed by atoms with E-state index in [2.05, 4.69) is 4.98 Å². The summed E-state index contributed by atoms with van der Waals surface area (Å²) in [6.45, 7) is 2.41. The fourth-order valence-electron chi connectivity index (χ4n) is 2.21. The topological polar surface area (TPSA) is 38.9 Å². The number of rotatable bonds is 3. The summed E-state index contributed by atoms with van der Waals surface area (Å²) in [5.41, 5.74) is 10.4. The molecule has 2 N–H and O–H groups in total. The first-order chi connectivity index (χ1) is 10.2. The molecule has 0 aliphatic heterocycles. The van der Waals surface area contributed by atoms with Crippen LogP contribution < -0.4 is 5.73 Å². The van der Waals surface area contributed by atoms with Crippen molar-refractivity contribution < 1.29 is 4.39 Å². The van der Waals surface area contributed by atoms with Crippen molar-refractivity contribution >= 4 is 11.3 Å². The Kier molecular flexibility index (Phi) is 3.82. The molecule has 0 atom stereocenters. The van der Waals surface area contributed by atoms with Crippen molar-refractivity contribution in [3.63, 3.8) is 0 Å². The molecule has 21 heavy (non-hydrogen) atoms. The number of benzene rings is 2. The van der Waals surface area contributed by atoms with Gasteiger partial charge < -0.3 is 5.73 Å². The van der Waals surface area contributed by atoms with Crippen LogP contribution in [-0.2, 0) is 6.54 Å². The van der Waals surface area contributed by atoms with Gasteiger partial charge in [0.1, 0.15) is 10.8 Å². The number of aryl methyl sites for hydroxylation is 1. The van der Waals surface area contributed by atoms with Crippen LogP contribution in [0.3, 0.4) is 0 Å². The third-order valence-electron chi connectivity index (χ3n) is 3.28. The summed E-state index contributed by atoms with van der Waals surface area (Å²) >= 11 is 1.52. The van der Waals surface area contributed by atoms with E-state index in [-0.39, 0.29) is 5.82 Å². The summed E-state index contributed by atoms with van der Waals surface area (Å²) in [5, 5.41) is 2.82. The molecule has 0 aliphatic carbocycles. The number of hydrogen-bond donors (Lipinski definition) is 1. The molecular weight excluding hydrogens is 283 g/mol. The van der Waals surface area contributed by atoms with Crippen LogP contribution >= 0.6 is 11.3 Å². The highest BCUT2D eigenvalue weighted by Gasteiger charge is 2.08. The van der Waals surface area contributed by atoms with Gasteiger partial charge in [-0.05, 0) is 36.2 Å². The molecule has 4 heteroatoms. The van der Waals surface area contributed by atoms with Gasteiger partial charge in [0.05, 0.1) is 5.69 Å². The zero-order chi connectivity index (χ0) is 14.8. The molecule has 1 aromatic heterocycles. The molecule has 3 rings (SSSR count). The van der Waals surface area contributed by atoms with Crippen LogP contribution in [0.15, 0.2) is 47.8 Å². The Bertz CT molecular complexity index is 742. The second kappa shape index (κ2) is 5.76. The van der Waals surface area contributed by atoms with Crippen molar-refractivity contribution in [2.24, 2.45) is 5.73 Å². The predicted octanol–water partition coefficient (Wildman–Crippen LogP) is 4.38. The van der Waals surface area contributed by atoms with Gasteiger partial charge in [-0.3, -0.25) is 0 Å². The third kappa shape index (κ3) is 3.01. The third-order valence-corrected chi connectivity index (χ3v) is 4.17. The average Bonchev–Trinajstić information content (AvgIpc) is 2.96. The van der Waals surface area contributed by atoms with Gasteiger partial charge in [-0.1, -0.05) is 24.3 Å². The van der Waals surface area contributed by atoms with E-state index in [1.165, 1.54) is 23.5 Å². The molecule has 2 nitrogen and oxygen atoms in total. The highest BCUT2D eigenvalue weighted by atomic mass is 32.1. The lowest BCUT2D eigenvalue weighted by Crippen LogP contribution is -1.95. The van der Waals surface area contributed by atoms with Crippen molar-refractivity contribution in [3.8, 4) is 21.8 Å². The standard InChI is InChI=1S/C17H15FN2S/c1-11-6-14(8-15(18)7-11)17-20-16(10-21-17)13-4-2-12(9-19)3-5-13/h2-8,10H,9,19H2,1H3. The summed E-state index contributed by atoms with van der Waals surface area (Å²) in [4.78, 5) is 4.61. The maximum absolute atomic E-state index is 13.5. The molecule has 3 aromatic rings. The summed E-state index contributed by atoms with van der Waals surface area (Å²) in [6.07, 6.45) is 0. The van der Waals surface area contributed by atoms with Gasteiger partial charge in [0.15, 0.2) is 0 Å². The molecule has 1 heterocycles. The molecule has 0 saturated heterocycles. The van der Waals surface area contributed by atoms with Crippen LogP contribution in [0.25, 0.3) is 21.8 Å². The number of halogens is 1. The Labute approximate surface area is 127 Å². The summed E-state index contributed by atoms with van der Waals surface area (Å²) in [7, 11) is 0. The number of hydrogen-bond acceptors (Lipinski definition) is 3. The molecule has 0 spiro atoms. The second-order valence-corrected chi connectivity index (χ2v) is 5.81. The van der Waals surface area contributed by atoms with E-state index in [1.807, 2.05) is 42.6 Å². The smallest absolute Gasteiger partial charge is 0.124 e. The number of nitrogens with zero attached hydrogens (tertiary/aromatic N) is 1. The van der Waals surface area contributed by atoms with Crippen LogP contribution in [-0.4, -0.2) is 4.98 Å². The van der Waals surface area contributed by atoms with Crippen molar-refractivity contribution in [2.45, 2.75) is 13.5 Å². The maximum Gasteiger partial charge on any atom is 0.124 e. The first-order valence-corrected chi connectivity index (χ1v) is 7.56. The highest BCUT2D eigenvalue weighted by molar-refractivity contribution is 7.13. The largest absolute Gasteiger partial charge is 0.326 e. The van der Waals surface area contributed by atoms with Crippen molar-refractivity contribution in [2.75, 3.05) is 0 Å². The molecule has 2 aromatic carbocycles. The molecule has 0 amide bonds. The first-order valence-electron chi connectivity index (χ1n) is 6.68. The predicted molar refractivity (Wildman–Crippen MR) is 85.6 cm³/mol. The molecule has 0 radical (unpaired) electrons. The van der Waals surface area contributed by atoms with Crippen LogP contribution in [0.1, 0.15) is 11.1 Å². The van der Waals surface area contributed by atoms with Gasteiger partial charge >= 0.3 is 0 Å². The van der Waals surface area contributed by atoms with Crippen molar-refractivity contribution in [1.29, 1.82) is 0 Å². The van der Waals surface area contributed by atoms with Crippen LogP contribution in [0.5, 0.6) is 0 Å². The molecular formula is C17H15FN2S. The van der Waals surface area contributed by atoms with Gasteiger partial charge in [0.25, 0.3) is 0 Å². The monoisotopic (exact) mass is 298 g/mol. The van der Waals surface area contributed by atoms with E-state index in [1.54, 1.807) is 0 Å². The second-order valence-electron chi connectivity index (χ2n) is 4.96. The average molecular weight is 298 g/mol. The number of aromatic nitrogens is 1. The lowest BCUT2D eigenvalue weighted by molar-refractivity contribution is 0.627. The van der Waals surface area contributed by atoms with Crippen LogP contribution in [0, 0.1) is 12.7 Å². The van der Waals surface area contributed by atoms with E-state index in [4.69, 9.17) is 5.73 Å². The van der Waals surface area contributed by atoms with E-state index in [0.717, 1.165) is 33.0 Å². The van der Waals surface area contributed by atoms with E-state index in [0.29, 0.717) is 6.54 Å². The Morgan fingerprint density at radius 3 is 2.52 bits per heavy atom. The van der Waals surface area contributed by atoms with Crippen LogP contribution in [0.2, 0.25) is 0 Å². The van der Waals surface area contributed by atoms with Gasteiger partial charge in [-0.2, -0.15) is 0 Å². The molecule has 0 bridgehead atoms. The minimum Gasteiger partial charge on any atom is -0.326 e. The Balaban J connectivity index is 1.95. The van der Waals surface area contributed by atoms with Crippen molar-refractivity contribution in [1.82, 2.24) is 4.98 Å². The first kappa shape index (κ1) is 13.9. The van der Waals surface area contributed by atoms with Gasteiger partial charge in [0.2, 0.25) is 0 Å². The lowest BCUT2D eigenvalue weighted by Gasteiger charge is -2.00. The van der Waals surface area contributed by atoms with Crippen molar-refractivity contribution in [3.05, 3.63) is 64.8 Å². The SMILES string of the molecule is Cc1cc(F)cc(-c2nc(-c3ccc(CN)cc3)cs2)c1. The highest BCUT2D eigenvalue weighted by Crippen LogP contribution is 2.30. The van der Waals surface area contributed by atoms with Crippen LogP contribution in [0.4, 0.5) is 4.39 Å². The van der Waals surface area contributed by atoms with E-state index >= 15 is 0 Å². The minimum atomic E-state index is -0.228. The maximum atomic E-state index is 13.5.